The van der Waals surface area contributed by atoms with Crippen molar-refractivity contribution in [2.24, 2.45) is 0 Å². The van der Waals surface area contributed by atoms with Gasteiger partial charge in [0.1, 0.15) is 5.65 Å². The number of nitrogens with zero attached hydrogens (tertiary/aromatic N) is 4. The van der Waals surface area contributed by atoms with E-state index in [2.05, 4.69) is 38.8 Å². The highest BCUT2D eigenvalue weighted by Crippen LogP contribution is 2.30. The fraction of sp³-hybridized carbons (Fsp3) is 0.269. The number of likely N-dealkylation sites (tertiary alicyclic amines) is 1. The number of benzene rings is 1. The minimum atomic E-state index is -0.510. The fourth-order valence-corrected chi connectivity index (χ4v) is 4.61. The van der Waals surface area contributed by atoms with Crippen LogP contribution < -0.4 is 5.48 Å². The molecule has 0 radical (unpaired) electrons. The first kappa shape index (κ1) is 21.3. The van der Waals surface area contributed by atoms with Crippen LogP contribution in [0.2, 0.25) is 0 Å². The van der Waals surface area contributed by atoms with Gasteiger partial charge in [-0.2, -0.15) is 0 Å². The third-order valence-electron chi connectivity index (χ3n) is 6.46. The average molecular weight is 442 g/mol. The van der Waals surface area contributed by atoms with Crippen LogP contribution in [0.5, 0.6) is 0 Å². The lowest BCUT2D eigenvalue weighted by molar-refractivity contribution is 0.0706. The van der Waals surface area contributed by atoms with Crippen LogP contribution in [0.15, 0.2) is 73.2 Å². The van der Waals surface area contributed by atoms with E-state index in [4.69, 9.17) is 10.2 Å². The van der Waals surface area contributed by atoms with E-state index < -0.39 is 5.91 Å². The predicted molar refractivity (Wildman–Crippen MR) is 126 cm³/mol. The van der Waals surface area contributed by atoms with E-state index in [-0.39, 0.29) is 0 Å². The van der Waals surface area contributed by atoms with Crippen molar-refractivity contribution in [3.05, 3.63) is 95.6 Å². The fourth-order valence-electron chi connectivity index (χ4n) is 4.61. The maximum Gasteiger partial charge on any atom is 0.274 e. The Bertz CT molecular complexity index is 1230. The number of hydroxylamine groups is 1. The molecule has 7 heteroatoms. The minimum absolute atomic E-state index is 0.424. The molecule has 0 aliphatic carbocycles. The molecule has 5 rings (SSSR count). The molecule has 7 nitrogen and oxygen atoms in total. The lowest BCUT2D eigenvalue weighted by Crippen LogP contribution is -2.32. The molecule has 1 saturated heterocycles. The highest BCUT2D eigenvalue weighted by atomic mass is 16.5. The summed E-state index contributed by atoms with van der Waals surface area (Å²) in [6.07, 6.45) is 8.22. The number of hydrogen-bond donors (Lipinski definition) is 2. The van der Waals surface area contributed by atoms with Gasteiger partial charge in [0.05, 0.1) is 5.69 Å². The molecule has 1 fully saturated rings. The lowest BCUT2D eigenvalue weighted by Gasteiger charge is -2.31. The van der Waals surface area contributed by atoms with Crippen molar-refractivity contribution in [2.45, 2.75) is 31.8 Å². The Morgan fingerprint density at radius 2 is 1.85 bits per heavy atom. The summed E-state index contributed by atoms with van der Waals surface area (Å²) in [6.45, 7) is 3.73. The highest BCUT2D eigenvalue weighted by Gasteiger charge is 2.21. The second-order valence-corrected chi connectivity index (χ2v) is 8.63. The molecule has 168 valence electrons. The Morgan fingerprint density at radius 3 is 2.58 bits per heavy atom. The van der Waals surface area contributed by atoms with Crippen LogP contribution in [-0.2, 0) is 13.1 Å². The van der Waals surface area contributed by atoms with Gasteiger partial charge in [-0.3, -0.25) is 19.9 Å². The van der Waals surface area contributed by atoms with Crippen molar-refractivity contribution >= 4 is 16.9 Å². The second kappa shape index (κ2) is 9.52. The molecule has 4 heterocycles. The molecule has 0 bridgehead atoms. The van der Waals surface area contributed by atoms with Gasteiger partial charge in [-0.15, -0.1) is 0 Å². The normalized spacial score (nSPS) is 15.1. The third-order valence-corrected chi connectivity index (χ3v) is 6.46. The lowest BCUT2D eigenvalue weighted by atomic mass is 9.90. The van der Waals surface area contributed by atoms with Crippen LogP contribution in [0.4, 0.5) is 0 Å². The zero-order valence-electron chi connectivity index (χ0n) is 18.4. The number of fused-ring (bicyclic) bond motifs is 1. The summed E-state index contributed by atoms with van der Waals surface area (Å²) in [5.41, 5.74) is 6.55. The number of hydrogen-bond acceptors (Lipinski definition) is 5. The van der Waals surface area contributed by atoms with E-state index in [0.29, 0.717) is 18.0 Å². The zero-order valence-corrected chi connectivity index (χ0v) is 18.4. The molecule has 0 saturated carbocycles. The van der Waals surface area contributed by atoms with E-state index in [1.165, 1.54) is 5.56 Å². The number of nitrogens with one attached hydrogen (secondary N) is 1. The van der Waals surface area contributed by atoms with Gasteiger partial charge in [-0.25, -0.2) is 10.5 Å². The molecule has 1 aromatic carbocycles. The maximum atomic E-state index is 11.5. The number of aromatic nitrogens is 3. The van der Waals surface area contributed by atoms with Crippen molar-refractivity contribution in [2.75, 3.05) is 13.1 Å². The molecular formula is C26H27N5O2. The van der Waals surface area contributed by atoms with Crippen LogP contribution >= 0.6 is 0 Å². The number of amides is 1. The SMILES string of the molecule is O=C(NO)c1ccc(Cn2ccc3cc(C4CCN(Cc5ccccn5)CC4)cnc32)cc1. The maximum absolute atomic E-state index is 11.5. The number of carbonyl (C=O) groups excluding carboxylic acids is 1. The standard InChI is InChI=1S/C26H27N5O2/c32-26(29-33)21-6-4-19(5-7-21)17-31-14-10-22-15-23(16-28-25(22)31)20-8-12-30(13-9-20)18-24-3-1-2-11-27-24/h1-7,10-11,14-16,20,33H,8-9,12-13,17-18H2,(H,29,32). The van der Waals surface area contributed by atoms with Crippen LogP contribution in [0.3, 0.4) is 0 Å². The van der Waals surface area contributed by atoms with Gasteiger partial charge in [0.25, 0.3) is 5.91 Å². The summed E-state index contributed by atoms with van der Waals surface area (Å²) < 4.78 is 2.12. The van der Waals surface area contributed by atoms with Crippen molar-refractivity contribution in [1.29, 1.82) is 0 Å². The van der Waals surface area contributed by atoms with E-state index in [1.54, 1.807) is 17.6 Å². The van der Waals surface area contributed by atoms with Crippen molar-refractivity contribution in [3.8, 4) is 0 Å². The molecule has 0 unspecified atom stereocenters. The Kier molecular flexibility index (Phi) is 6.15. The molecular weight excluding hydrogens is 414 g/mol. The summed E-state index contributed by atoms with van der Waals surface area (Å²) in [5, 5.41) is 9.91. The summed E-state index contributed by atoms with van der Waals surface area (Å²) in [7, 11) is 0. The van der Waals surface area contributed by atoms with Crippen molar-refractivity contribution < 1.29 is 10.0 Å². The van der Waals surface area contributed by atoms with Crippen LogP contribution in [-0.4, -0.2) is 43.6 Å². The largest absolute Gasteiger partial charge is 0.328 e. The topological polar surface area (TPSA) is 83.3 Å². The van der Waals surface area contributed by atoms with E-state index in [0.717, 1.165) is 54.8 Å². The second-order valence-electron chi connectivity index (χ2n) is 8.63. The zero-order chi connectivity index (χ0) is 22.6. The first-order chi connectivity index (χ1) is 16.2. The Hall–Kier alpha value is -3.55. The summed E-state index contributed by atoms with van der Waals surface area (Å²) in [6, 6.07) is 17.7. The minimum Gasteiger partial charge on any atom is -0.328 e. The molecule has 2 N–H and O–H groups in total. The highest BCUT2D eigenvalue weighted by molar-refractivity contribution is 5.93. The first-order valence-corrected chi connectivity index (χ1v) is 11.3. The van der Waals surface area contributed by atoms with E-state index >= 15 is 0 Å². The van der Waals surface area contributed by atoms with Crippen LogP contribution in [0, 0.1) is 0 Å². The van der Waals surface area contributed by atoms with Crippen LogP contribution in [0.1, 0.15) is 45.9 Å². The molecule has 0 spiro atoms. The Balaban J connectivity index is 1.23. The Morgan fingerprint density at radius 1 is 1.03 bits per heavy atom. The van der Waals surface area contributed by atoms with E-state index in [1.807, 2.05) is 36.7 Å². The van der Waals surface area contributed by atoms with Crippen molar-refractivity contribution in [3.63, 3.8) is 0 Å². The first-order valence-electron chi connectivity index (χ1n) is 11.3. The summed E-state index contributed by atoms with van der Waals surface area (Å²) in [5.74, 6) is 0.0279. The van der Waals surface area contributed by atoms with Gasteiger partial charge in [0.15, 0.2) is 0 Å². The molecule has 1 aliphatic rings. The molecule has 1 amide bonds. The molecule has 3 aromatic heterocycles. The van der Waals surface area contributed by atoms with Gasteiger partial charge < -0.3 is 4.57 Å². The van der Waals surface area contributed by atoms with Gasteiger partial charge in [0, 0.05) is 42.6 Å². The van der Waals surface area contributed by atoms with Gasteiger partial charge in [-0.05, 0) is 79.4 Å². The monoisotopic (exact) mass is 441 g/mol. The number of pyridine rings is 2. The molecule has 4 aromatic rings. The summed E-state index contributed by atoms with van der Waals surface area (Å²) in [4.78, 5) is 23.2. The Labute approximate surface area is 192 Å². The number of carbonyl (C=O) groups is 1. The number of rotatable bonds is 6. The van der Waals surface area contributed by atoms with Gasteiger partial charge >= 0.3 is 0 Å². The summed E-state index contributed by atoms with van der Waals surface area (Å²) >= 11 is 0. The predicted octanol–water partition coefficient (Wildman–Crippen LogP) is 3.98. The molecule has 0 atom stereocenters. The van der Waals surface area contributed by atoms with Crippen LogP contribution in [0.25, 0.3) is 11.0 Å². The third kappa shape index (κ3) is 4.79. The van der Waals surface area contributed by atoms with Gasteiger partial charge in [0.2, 0.25) is 0 Å². The van der Waals surface area contributed by atoms with E-state index in [9.17, 15) is 4.79 Å². The molecule has 1 aliphatic heterocycles. The molecule has 33 heavy (non-hydrogen) atoms. The van der Waals surface area contributed by atoms with Gasteiger partial charge in [-0.1, -0.05) is 18.2 Å². The smallest absolute Gasteiger partial charge is 0.274 e. The quantitative estimate of drug-likeness (QED) is 0.349. The average Bonchev–Trinajstić information content (AvgIpc) is 3.27. The van der Waals surface area contributed by atoms with Crippen molar-refractivity contribution in [1.82, 2.24) is 24.9 Å². The number of piperidine rings is 1.